The van der Waals surface area contributed by atoms with E-state index in [2.05, 4.69) is 4.99 Å². The molecule has 18 heavy (non-hydrogen) atoms. The van der Waals surface area contributed by atoms with Gasteiger partial charge in [0.1, 0.15) is 4.21 Å². The van der Waals surface area contributed by atoms with E-state index in [0.29, 0.717) is 17.9 Å². The number of hydrogen-bond acceptors (Lipinski definition) is 6. The van der Waals surface area contributed by atoms with Crippen molar-refractivity contribution in [2.75, 3.05) is 6.54 Å². The van der Waals surface area contributed by atoms with Crippen LogP contribution >= 0.6 is 22.9 Å². The van der Waals surface area contributed by atoms with Gasteiger partial charge in [-0.3, -0.25) is 4.99 Å². The average Bonchev–Trinajstić information content (AvgIpc) is 2.60. The number of nitrogens with one attached hydrogen (secondary N) is 1. The van der Waals surface area contributed by atoms with E-state index in [1.165, 1.54) is 6.07 Å². The molecule has 0 aromatic carbocycles. The van der Waals surface area contributed by atoms with Crippen molar-refractivity contribution in [3.05, 3.63) is 10.4 Å². The SMILES string of the molecule is CCN=C(N)NS(=O)(=O)c1sc(Cl)cc1B(O)O. The lowest BCUT2D eigenvalue weighted by Crippen LogP contribution is -2.40. The number of nitrogens with zero attached hydrogens (tertiary/aromatic N) is 1. The number of aliphatic imine (C=N–C) groups is 1. The van der Waals surface area contributed by atoms with Crippen molar-refractivity contribution in [2.45, 2.75) is 11.1 Å². The summed E-state index contributed by atoms with van der Waals surface area (Å²) in [5, 5.41) is 18.1. The Balaban J connectivity index is 3.17. The predicted molar refractivity (Wildman–Crippen MR) is 71.6 cm³/mol. The normalized spacial score (nSPS) is 12.6. The number of guanidine groups is 1. The molecule has 1 aromatic heterocycles. The van der Waals surface area contributed by atoms with Crippen molar-refractivity contribution in [3.63, 3.8) is 0 Å². The number of halogens is 1. The molecule has 0 aliphatic carbocycles. The van der Waals surface area contributed by atoms with Gasteiger partial charge in [-0.15, -0.1) is 11.3 Å². The van der Waals surface area contributed by atoms with Crippen LogP contribution in [0.2, 0.25) is 4.34 Å². The Kier molecular flexibility index (Phi) is 4.99. The van der Waals surface area contributed by atoms with Gasteiger partial charge in [-0.2, -0.15) is 0 Å². The van der Waals surface area contributed by atoms with E-state index >= 15 is 0 Å². The maximum absolute atomic E-state index is 11.9. The topological polar surface area (TPSA) is 125 Å². The van der Waals surface area contributed by atoms with Gasteiger partial charge in [0.15, 0.2) is 0 Å². The van der Waals surface area contributed by atoms with E-state index < -0.39 is 17.1 Å². The molecule has 0 spiro atoms. The minimum Gasteiger partial charge on any atom is -0.423 e. The van der Waals surface area contributed by atoms with Crippen LogP contribution in [0.25, 0.3) is 0 Å². The summed E-state index contributed by atoms with van der Waals surface area (Å²) in [5.41, 5.74) is 5.14. The zero-order valence-corrected chi connectivity index (χ0v) is 11.7. The summed E-state index contributed by atoms with van der Waals surface area (Å²) in [5.74, 6) is -0.277. The number of thiophene rings is 1. The highest BCUT2D eigenvalue weighted by atomic mass is 35.5. The van der Waals surface area contributed by atoms with Gasteiger partial charge in [0.05, 0.1) is 4.34 Å². The van der Waals surface area contributed by atoms with Gasteiger partial charge < -0.3 is 15.8 Å². The highest BCUT2D eigenvalue weighted by Gasteiger charge is 2.28. The Bertz CT molecular complexity index is 557. The second-order valence-corrected chi connectivity index (χ2v) is 6.69. The van der Waals surface area contributed by atoms with Crippen LogP contribution in [0.4, 0.5) is 0 Å². The molecule has 0 saturated carbocycles. The molecular formula is C7H11BClN3O4S2. The molecule has 0 aliphatic heterocycles. The monoisotopic (exact) mass is 311 g/mol. The molecule has 7 nitrogen and oxygen atoms in total. The Labute approximate surface area is 113 Å². The van der Waals surface area contributed by atoms with Crippen LogP contribution in [0.3, 0.4) is 0 Å². The van der Waals surface area contributed by atoms with E-state index in [0.717, 1.165) is 0 Å². The van der Waals surface area contributed by atoms with Crippen molar-refractivity contribution in [1.29, 1.82) is 0 Å². The lowest BCUT2D eigenvalue weighted by atomic mass is 9.83. The van der Waals surface area contributed by atoms with Gasteiger partial charge in [0.2, 0.25) is 5.96 Å². The van der Waals surface area contributed by atoms with Crippen LogP contribution in [0.1, 0.15) is 6.92 Å². The first-order chi connectivity index (χ1) is 8.27. The highest BCUT2D eigenvalue weighted by molar-refractivity contribution is 7.92. The zero-order chi connectivity index (χ0) is 13.9. The summed E-state index contributed by atoms with van der Waals surface area (Å²) in [6.07, 6.45) is 0. The lowest BCUT2D eigenvalue weighted by Gasteiger charge is -2.07. The van der Waals surface area contributed by atoms with Crippen LogP contribution in [0.5, 0.6) is 0 Å². The van der Waals surface area contributed by atoms with Crippen molar-refractivity contribution < 1.29 is 18.5 Å². The standard InChI is InChI=1S/C7H11BClN3O4S2/c1-2-11-7(10)12-18(15,16)6-4(8(13)14)3-5(9)17-6/h3,13-14H,2H2,1H3,(H3,10,11,12). The Morgan fingerprint density at radius 1 is 1.67 bits per heavy atom. The van der Waals surface area contributed by atoms with Gasteiger partial charge in [0, 0.05) is 12.0 Å². The second kappa shape index (κ2) is 5.89. The van der Waals surface area contributed by atoms with Gasteiger partial charge in [-0.1, -0.05) is 11.6 Å². The minimum absolute atomic E-state index is 0.115. The van der Waals surface area contributed by atoms with Crippen molar-refractivity contribution >= 4 is 51.5 Å². The summed E-state index contributed by atoms with van der Waals surface area (Å²) in [4.78, 5) is 3.67. The molecule has 100 valence electrons. The molecule has 1 heterocycles. The first kappa shape index (κ1) is 15.3. The summed E-state index contributed by atoms with van der Waals surface area (Å²) >= 11 is 6.35. The minimum atomic E-state index is -4.03. The van der Waals surface area contributed by atoms with Crippen LogP contribution in [0.15, 0.2) is 15.3 Å². The number of sulfonamides is 1. The molecule has 0 amide bonds. The van der Waals surface area contributed by atoms with Crippen LogP contribution in [-0.4, -0.2) is 38.1 Å². The van der Waals surface area contributed by atoms with Gasteiger partial charge >= 0.3 is 7.12 Å². The van der Waals surface area contributed by atoms with E-state index in [1.807, 2.05) is 4.72 Å². The fraction of sp³-hybridized carbons (Fsp3) is 0.286. The molecule has 1 rings (SSSR count). The van der Waals surface area contributed by atoms with E-state index in [9.17, 15) is 8.42 Å². The summed E-state index contributed by atoms with van der Waals surface area (Å²) in [6.45, 7) is 2.00. The molecule has 0 saturated heterocycles. The molecule has 11 heteroatoms. The number of hydrogen-bond donors (Lipinski definition) is 4. The van der Waals surface area contributed by atoms with Crippen molar-refractivity contribution in [2.24, 2.45) is 10.7 Å². The number of rotatable bonds is 4. The molecule has 5 N–H and O–H groups in total. The zero-order valence-electron chi connectivity index (χ0n) is 9.29. The quantitative estimate of drug-likeness (QED) is 0.312. The first-order valence-corrected chi connectivity index (χ1v) is 7.43. The maximum Gasteiger partial charge on any atom is 0.490 e. The van der Waals surface area contributed by atoms with Crippen LogP contribution in [-0.2, 0) is 10.0 Å². The smallest absolute Gasteiger partial charge is 0.423 e. The third kappa shape index (κ3) is 3.59. The highest BCUT2D eigenvalue weighted by Crippen LogP contribution is 2.23. The Morgan fingerprint density at radius 3 is 2.78 bits per heavy atom. The third-order valence-electron chi connectivity index (χ3n) is 1.78. The Hall–Kier alpha value is -0.805. The third-order valence-corrected chi connectivity index (χ3v) is 4.97. The predicted octanol–water partition coefficient (Wildman–Crippen LogP) is -1.31. The summed E-state index contributed by atoms with van der Waals surface area (Å²) in [7, 11) is -5.97. The van der Waals surface area contributed by atoms with Gasteiger partial charge in [-0.25, -0.2) is 13.1 Å². The van der Waals surface area contributed by atoms with Crippen LogP contribution in [0, 0.1) is 0 Å². The van der Waals surface area contributed by atoms with Crippen molar-refractivity contribution in [3.8, 4) is 0 Å². The molecule has 0 aliphatic rings. The molecule has 0 unspecified atom stereocenters. The van der Waals surface area contributed by atoms with E-state index in [1.54, 1.807) is 6.92 Å². The fourth-order valence-electron chi connectivity index (χ4n) is 1.13. The largest absolute Gasteiger partial charge is 0.490 e. The molecular weight excluding hydrogens is 300 g/mol. The summed E-state index contributed by atoms with van der Waals surface area (Å²) in [6, 6.07) is 1.17. The molecule has 0 radical (unpaired) electrons. The summed E-state index contributed by atoms with van der Waals surface area (Å²) < 4.78 is 25.6. The molecule has 0 atom stereocenters. The van der Waals surface area contributed by atoms with Crippen LogP contribution < -0.4 is 15.9 Å². The van der Waals surface area contributed by atoms with Gasteiger partial charge in [0.25, 0.3) is 10.0 Å². The molecule has 0 fully saturated rings. The van der Waals surface area contributed by atoms with E-state index in [4.69, 9.17) is 27.4 Å². The lowest BCUT2D eigenvalue weighted by molar-refractivity contribution is 0.425. The average molecular weight is 312 g/mol. The maximum atomic E-state index is 11.9. The second-order valence-electron chi connectivity index (χ2n) is 3.13. The number of nitrogens with two attached hydrogens (primary N) is 1. The molecule has 0 bridgehead atoms. The van der Waals surface area contributed by atoms with Gasteiger partial charge in [-0.05, 0) is 13.0 Å². The molecule has 1 aromatic rings. The van der Waals surface area contributed by atoms with Crippen molar-refractivity contribution in [1.82, 2.24) is 4.72 Å². The Morgan fingerprint density at radius 2 is 2.28 bits per heavy atom. The fourth-order valence-corrected chi connectivity index (χ4v) is 4.01. The van der Waals surface area contributed by atoms with E-state index in [-0.39, 0.29) is 20.0 Å². The first-order valence-electron chi connectivity index (χ1n) is 4.76.